The highest BCUT2D eigenvalue weighted by atomic mass is 16.5. The van der Waals surface area contributed by atoms with E-state index in [1.807, 2.05) is 6.07 Å². The number of hydrogen-bond acceptors (Lipinski definition) is 5. The van der Waals surface area contributed by atoms with Gasteiger partial charge in [-0.1, -0.05) is 51.1 Å². The molecule has 2 bridgehead atoms. The molecule has 1 aromatic carbocycles. The first-order valence-corrected chi connectivity index (χ1v) is 10.1. The van der Waals surface area contributed by atoms with Gasteiger partial charge in [-0.2, -0.15) is 0 Å². The number of carboxylic acid groups (broad SMARTS) is 1. The molecule has 0 aromatic heterocycles. The molecule has 4 N–H and O–H groups in total. The van der Waals surface area contributed by atoms with Crippen LogP contribution in [-0.2, 0) is 19.1 Å². The number of nitrogens with one attached hydrogen (secondary N) is 1. The zero-order valence-electron chi connectivity index (χ0n) is 17.2. The van der Waals surface area contributed by atoms with E-state index < -0.39 is 36.4 Å². The second kappa shape index (κ2) is 7.78. The van der Waals surface area contributed by atoms with Crippen molar-refractivity contribution in [2.24, 2.45) is 22.5 Å². The van der Waals surface area contributed by atoms with Crippen LogP contribution in [0.1, 0.15) is 58.1 Å². The van der Waals surface area contributed by atoms with Crippen LogP contribution in [0.4, 0.5) is 0 Å². The number of ether oxygens (including phenoxy) is 1. The number of amides is 1. The molecular weight excluding hydrogens is 372 g/mol. The van der Waals surface area contributed by atoms with Crippen LogP contribution in [0.15, 0.2) is 30.3 Å². The van der Waals surface area contributed by atoms with Gasteiger partial charge in [0.25, 0.3) is 0 Å². The Balaban J connectivity index is 1.80. The van der Waals surface area contributed by atoms with Crippen LogP contribution in [0.2, 0.25) is 0 Å². The quantitative estimate of drug-likeness (QED) is 0.603. The number of fused-ring (bicyclic) bond motifs is 2. The van der Waals surface area contributed by atoms with Crippen molar-refractivity contribution in [3.8, 4) is 0 Å². The molecule has 29 heavy (non-hydrogen) atoms. The lowest BCUT2D eigenvalue weighted by Crippen LogP contribution is -2.48. The number of rotatable bonds is 7. The molecule has 2 saturated carbocycles. The van der Waals surface area contributed by atoms with E-state index in [1.165, 1.54) is 0 Å². The van der Waals surface area contributed by atoms with Gasteiger partial charge in [-0.25, -0.2) is 4.79 Å². The van der Waals surface area contributed by atoms with Gasteiger partial charge in [-0.05, 0) is 30.7 Å². The Labute approximate surface area is 171 Å². The fourth-order valence-corrected chi connectivity index (χ4v) is 5.19. The second-order valence-corrected chi connectivity index (χ2v) is 9.29. The predicted octanol–water partition coefficient (Wildman–Crippen LogP) is 2.40. The molecule has 1 unspecified atom stereocenters. The van der Waals surface area contributed by atoms with Crippen molar-refractivity contribution >= 4 is 17.8 Å². The van der Waals surface area contributed by atoms with Gasteiger partial charge in [0, 0.05) is 10.8 Å². The molecule has 1 amide bonds. The van der Waals surface area contributed by atoms with E-state index in [1.54, 1.807) is 24.3 Å². The first-order valence-electron chi connectivity index (χ1n) is 10.1. The largest absolute Gasteiger partial charge is 0.481 e. The number of carboxylic acids is 1. The van der Waals surface area contributed by atoms with Gasteiger partial charge in [0.2, 0.25) is 5.91 Å². The topological polar surface area (TPSA) is 119 Å². The van der Waals surface area contributed by atoms with Gasteiger partial charge in [0.05, 0.1) is 12.5 Å². The summed E-state index contributed by atoms with van der Waals surface area (Å²) < 4.78 is 6.03. The normalized spacial score (nSPS) is 29.1. The van der Waals surface area contributed by atoms with Crippen LogP contribution in [0.5, 0.6) is 0 Å². The molecule has 7 heteroatoms. The fraction of sp³-hybridized carbons (Fsp3) is 0.591. The van der Waals surface area contributed by atoms with Gasteiger partial charge in [0.15, 0.2) is 6.04 Å². The summed E-state index contributed by atoms with van der Waals surface area (Å²) in [5, 5.41) is 11.5. The highest BCUT2D eigenvalue weighted by Crippen LogP contribution is 2.63. The van der Waals surface area contributed by atoms with E-state index in [0.717, 1.165) is 19.3 Å². The molecule has 5 atom stereocenters. The highest BCUT2D eigenvalue weighted by Gasteiger charge is 2.61. The number of hydrogen-bond donors (Lipinski definition) is 3. The average Bonchev–Trinajstić information content (AvgIpc) is 3.14. The van der Waals surface area contributed by atoms with E-state index >= 15 is 0 Å². The van der Waals surface area contributed by atoms with Gasteiger partial charge in [-0.15, -0.1) is 0 Å². The van der Waals surface area contributed by atoms with Crippen molar-refractivity contribution in [1.82, 2.24) is 5.32 Å². The Morgan fingerprint density at radius 2 is 1.90 bits per heavy atom. The first kappa shape index (κ1) is 21.3. The summed E-state index contributed by atoms with van der Waals surface area (Å²) in [6.45, 7) is 6.44. The van der Waals surface area contributed by atoms with E-state index in [9.17, 15) is 14.4 Å². The standard InChI is InChI=1S/C22H30N2O5/c1-21(2)14-9-10-22(3,12-14)20(21)29-19(28)17(13-7-5-4-6-8-13)24-18(27)15(23)11-16(25)26/h4-8,14-15,17,20H,9-12,23H2,1-3H3,(H,24,27)(H,25,26)/t14?,15-,17+,20+,22+/m0/s1. The molecule has 2 fully saturated rings. The molecule has 0 radical (unpaired) electrons. The minimum Gasteiger partial charge on any atom is -0.481 e. The summed E-state index contributed by atoms with van der Waals surface area (Å²) in [5.41, 5.74) is 6.05. The maximum atomic E-state index is 13.2. The van der Waals surface area contributed by atoms with Crippen LogP contribution >= 0.6 is 0 Å². The average molecular weight is 402 g/mol. The Morgan fingerprint density at radius 1 is 1.24 bits per heavy atom. The van der Waals surface area contributed by atoms with Crippen LogP contribution in [0.3, 0.4) is 0 Å². The lowest BCUT2D eigenvalue weighted by molar-refractivity contribution is -0.168. The summed E-state index contributed by atoms with van der Waals surface area (Å²) in [6, 6.07) is 6.50. The van der Waals surface area contributed by atoms with Crippen molar-refractivity contribution < 1.29 is 24.2 Å². The molecule has 1 aromatic rings. The van der Waals surface area contributed by atoms with Crippen LogP contribution in [-0.4, -0.2) is 35.1 Å². The Morgan fingerprint density at radius 3 is 2.45 bits per heavy atom. The molecule has 2 aliphatic carbocycles. The minimum absolute atomic E-state index is 0.0607. The number of esters is 1. The van der Waals surface area contributed by atoms with Gasteiger partial charge in [0.1, 0.15) is 6.10 Å². The second-order valence-electron chi connectivity index (χ2n) is 9.29. The fourth-order valence-electron chi connectivity index (χ4n) is 5.19. The van der Waals surface area contributed by atoms with Crippen LogP contribution in [0, 0.1) is 16.7 Å². The minimum atomic E-state index is -1.25. The summed E-state index contributed by atoms with van der Waals surface area (Å²) in [5.74, 6) is -1.90. The maximum Gasteiger partial charge on any atom is 0.333 e. The third kappa shape index (κ3) is 4.15. The summed E-state index contributed by atoms with van der Waals surface area (Å²) >= 11 is 0. The third-order valence-corrected chi connectivity index (χ3v) is 6.76. The number of carbonyl (C=O) groups is 3. The number of nitrogens with two attached hydrogens (primary N) is 1. The number of carbonyl (C=O) groups excluding carboxylic acids is 2. The molecule has 0 aliphatic heterocycles. The van der Waals surface area contributed by atoms with E-state index in [2.05, 4.69) is 26.1 Å². The smallest absolute Gasteiger partial charge is 0.333 e. The molecule has 0 heterocycles. The van der Waals surface area contributed by atoms with E-state index in [0.29, 0.717) is 11.5 Å². The van der Waals surface area contributed by atoms with Crippen molar-refractivity contribution in [1.29, 1.82) is 0 Å². The van der Waals surface area contributed by atoms with E-state index in [-0.39, 0.29) is 16.9 Å². The summed E-state index contributed by atoms with van der Waals surface area (Å²) in [7, 11) is 0. The summed E-state index contributed by atoms with van der Waals surface area (Å²) in [4.78, 5) is 36.5. The Bertz CT molecular complexity index is 789. The molecule has 0 saturated heterocycles. The van der Waals surface area contributed by atoms with Crippen molar-refractivity contribution in [3.63, 3.8) is 0 Å². The van der Waals surface area contributed by atoms with Gasteiger partial charge in [-0.3, -0.25) is 9.59 Å². The zero-order valence-corrected chi connectivity index (χ0v) is 17.2. The maximum absolute atomic E-state index is 13.2. The molecule has 7 nitrogen and oxygen atoms in total. The zero-order chi connectivity index (χ0) is 21.4. The molecule has 0 spiro atoms. The Kier molecular flexibility index (Phi) is 5.72. The van der Waals surface area contributed by atoms with E-state index in [4.69, 9.17) is 15.6 Å². The number of aliphatic carboxylic acids is 1. The SMILES string of the molecule is CC1(C)C2CC[C@](C)(C2)[C@@H]1OC(=O)[C@H](NC(=O)[C@@H](N)CC(=O)O)c1ccccc1. The lowest BCUT2D eigenvalue weighted by atomic mass is 9.70. The van der Waals surface area contributed by atoms with Crippen molar-refractivity contribution in [2.75, 3.05) is 0 Å². The van der Waals surface area contributed by atoms with Crippen LogP contribution in [0.25, 0.3) is 0 Å². The molecule has 3 rings (SSSR count). The first-order chi connectivity index (χ1) is 13.5. The Hall–Kier alpha value is -2.41. The van der Waals surface area contributed by atoms with Gasteiger partial charge >= 0.3 is 11.9 Å². The van der Waals surface area contributed by atoms with Crippen LogP contribution < -0.4 is 11.1 Å². The molecular formula is C22H30N2O5. The van der Waals surface area contributed by atoms with Crippen molar-refractivity contribution in [3.05, 3.63) is 35.9 Å². The monoisotopic (exact) mass is 402 g/mol. The molecule has 2 aliphatic rings. The summed E-state index contributed by atoms with van der Waals surface area (Å²) in [6.07, 6.45) is 2.43. The van der Waals surface area contributed by atoms with Gasteiger partial charge < -0.3 is 20.9 Å². The highest BCUT2D eigenvalue weighted by molar-refractivity contribution is 5.90. The van der Waals surface area contributed by atoms with Crippen molar-refractivity contribution in [2.45, 2.75) is 64.6 Å². The molecule has 158 valence electrons. The third-order valence-electron chi connectivity index (χ3n) is 6.76. The lowest BCUT2D eigenvalue weighted by Gasteiger charge is -2.42. The predicted molar refractivity (Wildman–Crippen MR) is 107 cm³/mol. The number of benzene rings is 1.